The first kappa shape index (κ1) is 12.5. The van der Waals surface area contributed by atoms with Crippen molar-refractivity contribution < 1.29 is 0 Å². The molecule has 0 aliphatic rings. The molecule has 0 spiro atoms. The number of hydrogen-bond acceptors (Lipinski definition) is 2. The maximum Gasteiger partial charge on any atom is 0.0719 e. The first-order valence-electron chi connectivity index (χ1n) is 7.08. The van der Waals surface area contributed by atoms with Crippen LogP contribution in [0.15, 0.2) is 54.7 Å². The van der Waals surface area contributed by atoms with E-state index in [1.807, 2.05) is 23.6 Å². The molecule has 2 aromatic heterocycles. The van der Waals surface area contributed by atoms with Gasteiger partial charge in [-0.1, -0.05) is 36.4 Å². The minimum atomic E-state index is 1.06. The Labute approximate surface area is 127 Å². The van der Waals surface area contributed by atoms with Crippen molar-refractivity contribution in [3.8, 4) is 11.3 Å². The lowest BCUT2D eigenvalue weighted by Gasteiger charge is -2.03. The third kappa shape index (κ3) is 1.95. The van der Waals surface area contributed by atoms with E-state index < -0.39 is 0 Å². The molecular formula is C19H15NS. The Morgan fingerprint density at radius 2 is 1.62 bits per heavy atom. The van der Waals surface area contributed by atoms with Crippen LogP contribution < -0.4 is 0 Å². The summed E-state index contributed by atoms with van der Waals surface area (Å²) in [6, 6.07) is 17.3. The highest BCUT2D eigenvalue weighted by Crippen LogP contribution is 2.40. The maximum atomic E-state index is 4.56. The summed E-state index contributed by atoms with van der Waals surface area (Å²) in [7, 11) is 0. The van der Waals surface area contributed by atoms with E-state index in [0.717, 1.165) is 5.69 Å². The van der Waals surface area contributed by atoms with Crippen molar-refractivity contribution >= 4 is 31.5 Å². The third-order valence-electron chi connectivity index (χ3n) is 3.91. The van der Waals surface area contributed by atoms with Gasteiger partial charge in [0.1, 0.15) is 0 Å². The average Bonchev–Trinajstić information content (AvgIpc) is 2.87. The molecule has 21 heavy (non-hydrogen) atoms. The molecule has 4 rings (SSSR count). The highest BCUT2D eigenvalue weighted by molar-refractivity contribution is 7.26. The first-order valence-corrected chi connectivity index (χ1v) is 7.89. The van der Waals surface area contributed by atoms with Gasteiger partial charge >= 0.3 is 0 Å². The Bertz CT molecular complexity index is 966. The van der Waals surface area contributed by atoms with Crippen LogP contribution in [0.25, 0.3) is 31.4 Å². The maximum absolute atomic E-state index is 4.56. The number of fused-ring (bicyclic) bond motifs is 3. The van der Waals surface area contributed by atoms with Crippen molar-refractivity contribution in [2.24, 2.45) is 0 Å². The van der Waals surface area contributed by atoms with Gasteiger partial charge in [0.2, 0.25) is 0 Å². The van der Waals surface area contributed by atoms with Crippen LogP contribution in [-0.2, 0) is 0 Å². The van der Waals surface area contributed by atoms with Crippen LogP contribution in [0.2, 0.25) is 0 Å². The number of pyridine rings is 1. The highest BCUT2D eigenvalue weighted by atomic mass is 32.1. The van der Waals surface area contributed by atoms with E-state index in [9.17, 15) is 0 Å². The minimum absolute atomic E-state index is 1.06. The van der Waals surface area contributed by atoms with Gasteiger partial charge in [-0.3, -0.25) is 4.98 Å². The number of thiophene rings is 1. The van der Waals surface area contributed by atoms with E-state index in [0.29, 0.717) is 0 Å². The largest absolute Gasteiger partial charge is 0.256 e. The van der Waals surface area contributed by atoms with E-state index in [2.05, 4.69) is 61.3 Å². The average molecular weight is 289 g/mol. The van der Waals surface area contributed by atoms with Gasteiger partial charge in [-0.15, -0.1) is 11.3 Å². The van der Waals surface area contributed by atoms with Crippen molar-refractivity contribution in [3.05, 3.63) is 65.9 Å². The van der Waals surface area contributed by atoms with Gasteiger partial charge in [0, 0.05) is 31.9 Å². The molecule has 0 atom stereocenters. The van der Waals surface area contributed by atoms with Crippen LogP contribution in [0.5, 0.6) is 0 Å². The smallest absolute Gasteiger partial charge is 0.0719 e. The van der Waals surface area contributed by atoms with Crippen molar-refractivity contribution in [2.45, 2.75) is 13.8 Å². The lowest BCUT2D eigenvalue weighted by molar-refractivity contribution is 1.29. The standard InChI is InChI=1S/C19H15NS/c1-12-9-10-20-17(11-12)16-8-4-7-15-14-6-3-5-13(2)18(14)21-19(15)16/h3-11H,1-2H3. The van der Waals surface area contributed by atoms with Gasteiger partial charge in [-0.05, 0) is 37.1 Å². The Hall–Kier alpha value is -2.19. The minimum Gasteiger partial charge on any atom is -0.256 e. The van der Waals surface area contributed by atoms with Crippen molar-refractivity contribution in [2.75, 3.05) is 0 Å². The summed E-state index contributed by atoms with van der Waals surface area (Å²) < 4.78 is 2.72. The van der Waals surface area contributed by atoms with Crippen LogP contribution in [0.4, 0.5) is 0 Å². The molecule has 0 aliphatic heterocycles. The summed E-state index contributed by atoms with van der Waals surface area (Å²) >= 11 is 1.88. The molecule has 0 amide bonds. The fourth-order valence-electron chi connectivity index (χ4n) is 2.85. The summed E-state index contributed by atoms with van der Waals surface area (Å²) in [6.07, 6.45) is 1.89. The molecule has 2 heteroatoms. The second kappa shape index (κ2) is 4.68. The van der Waals surface area contributed by atoms with Gasteiger partial charge in [-0.25, -0.2) is 0 Å². The number of rotatable bonds is 1. The van der Waals surface area contributed by atoms with Gasteiger partial charge in [0.05, 0.1) is 5.69 Å². The lowest BCUT2D eigenvalue weighted by atomic mass is 10.0. The highest BCUT2D eigenvalue weighted by Gasteiger charge is 2.11. The lowest BCUT2D eigenvalue weighted by Crippen LogP contribution is -1.84. The molecule has 0 aliphatic carbocycles. The normalized spacial score (nSPS) is 11.3. The fraction of sp³-hybridized carbons (Fsp3) is 0.105. The van der Waals surface area contributed by atoms with Crippen LogP contribution in [-0.4, -0.2) is 4.98 Å². The molecule has 2 aromatic carbocycles. The summed E-state index contributed by atoms with van der Waals surface area (Å²) in [5, 5.41) is 2.68. The number of aromatic nitrogens is 1. The van der Waals surface area contributed by atoms with Crippen LogP contribution in [0.1, 0.15) is 11.1 Å². The Morgan fingerprint density at radius 1 is 0.857 bits per heavy atom. The molecule has 2 heterocycles. The van der Waals surface area contributed by atoms with E-state index in [4.69, 9.17) is 0 Å². The van der Waals surface area contributed by atoms with Crippen molar-refractivity contribution in [3.63, 3.8) is 0 Å². The molecule has 0 N–H and O–H groups in total. The summed E-state index contributed by atoms with van der Waals surface area (Å²) in [6.45, 7) is 4.29. The zero-order chi connectivity index (χ0) is 14.4. The van der Waals surface area contributed by atoms with Crippen LogP contribution in [0.3, 0.4) is 0 Å². The van der Waals surface area contributed by atoms with Crippen LogP contribution in [0, 0.1) is 13.8 Å². The third-order valence-corrected chi connectivity index (χ3v) is 5.30. The Balaban J connectivity index is 2.11. The number of benzene rings is 2. The van der Waals surface area contributed by atoms with E-state index in [1.54, 1.807) is 0 Å². The predicted octanol–water partition coefficient (Wildman–Crippen LogP) is 5.73. The summed E-state index contributed by atoms with van der Waals surface area (Å²) in [5.41, 5.74) is 4.88. The molecule has 0 bridgehead atoms. The second-order valence-corrected chi connectivity index (χ2v) is 6.47. The van der Waals surface area contributed by atoms with E-state index in [1.165, 1.54) is 36.9 Å². The number of aryl methyl sites for hydroxylation is 2. The SMILES string of the molecule is Cc1ccnc(-c2cccc3c2sc2c(C)cccc23)c1. The predicted molar refractivity (Wildman–Crippen MR) is 92.0 cm³/mol. The Kier molecular flexibility index (Phi) is 2.79. The fourth-order valence-corrected chi connectivity index (χ4v) is 4.14. The second-order valence-electron chi connectivity index (χ2n) is 5.45. The zero-order valence-electron chi connectivity index (χ0n) is 12.1. The molecule has 0 saturated heterocycles. The number of hydrogen-bond donors (Lipinski definition) is 0. The molecular weight excluding hydrogens is 274 g/mol. The van der Waals surface area contributed by atoms with E-state index in [-0.39, 0.29) is 0 Å². The van der Waals surface area contributed by atoms with Gasteiger partial charge in [0.25, 0.3) is 0 Å². The van der Waals surface area contributed by atoms with Gasteiger partial charge < -0.3 is 0 Å². The molecule has 0 unspecified atom stereocenters. The van der Waals surface area contributed by atoms with Gasteiger partial charge in [-0.2, -0.15) is 0 Å². The van der Waals surface area contributed by atoms with Crippen LogP contribution >= 0.6 is 11.3 Å². The molecule has 1 nitrogen and oxygen atoms in total. The molecule has 0 fully saturated rings. The number of nitrogens with zero attached hydrogens (tertiary/aromatic N) is 1. The first-order chi connectivity index (χ1) is 10.2. The zero-order valence-corrected chi connectivity index (χ0v) is 12.9. The molecule has 4 aromatic rings. The quantitative estimate of drug-likeness (QED) is 0.436. The Morgan fingerprint density at radius 3 is 2.43 bits per heavy atom. The molecule has 0 radical (unpaired) electrons. The van der Waals surface area contributed by atoms with Gasteiger partial charge in [0.15, 0.2) is 0 Å². The topological polar surface area (TPSA) is 12.9 Å². The monoisotopic (exact) mass is 289 g/mol. The van der Waals surface area contributed by atoms with E-state index >= 15 is 0 Å². The van der Waals surface area contributed by atoms with Crippen molar-refractivity contribution in [1.82, 2.24) is 4.98 Å². The summed E-state index contributed by atoms with van der Waals surface area (Å²) in [4.78, 5) is 4.56. The summed E-state index contributed by atoms with van der Waals surface area (Å²) in [5.74, 6) is 0. The molecule has 102 valence electrons. The molecule has 0 saturated carbocycles. The van der Waals surface area contributed by atoms with Crippen molar-refractivity contribution in [1.29, 1.82) is 0 Å².